The lowest BCUT2D eigenvalue weighted by Crippen LogP contribution is -2.17. The Morgan fingerprint density at radius 2 is 0.836 bits per heavy atom. The van der Waals surface area contributed by atoms with Crippen LogP contribution in [0.5, 0.6) is 0 Å². The molecule has 1 aliphatic carbocycles. The van der Waals surface area contributed by atoms with Gasteiger partial charge in [0.25, 0.3) is 0 Å². The predicted octanol–water partition coefficient (Wildman–Crippen LogP) is 15.6. The van der Waals surface area contributed by atoms with Gasteiger partial charge in [-0.2, -0.15) is 0 Å². The van der Waals surface area contributed by atoms with Gasteiger partial charge < -0.3 is 18.5 Å². The van der Waals surface area contributed by atoms with Crippen molar-refractivity contribution >= 4 is 82.6 Å². The van der Waals surface area contributed by atoms with Crippen LogP contribution >= 0.6 is 0 Å². The number of para-hydroxylation sites is 5. The Kier molecular flexibility index (Phi) is 7.04. The van der Waals surface area contributed by atoms with Crippen LogP contribution in [0.15, 0.2) is 205 Å². The topological polar surface area (TPSA) is 26.2 Å². The first kappa shape index (κ1) is 34.1. The molecule has 0 amide bonds. The molecule has 0 atom stereocenters. The largest absolute Gasteiger partial charge is 0.452 e. The van der Waals surface area contributed by atoms with Crippen LogP contribution in [0, 0.1) is 0 Å². The summed E-state index contributed by atoms with van der Waals surface area (Å²) in [5.74, 6) is 0. The van der Waals surface area contributed by atoms with Crippen molar-refractivity contribution in [3.8, 4) is 22.5 Å². The van der Waals surface area contributed by atoms with Crippen LogP contribution in [0.1, 0.15) is 25.0 Å². The van der Waals surface area contributed by atoms with Gasteiger partial charge in [0.15, 0.2) is 11.2 Å². The predicted molar refractivity (Wildman–Crippen MR) is 255 cm³/mol. The molecule has 0 bridgehead atoms. The highest BCUT2D eigenvalue weighted by Crippen LogP contribution is 2.52. The molecular formula is C57H39N3O. The minimum atomic E-state index is -0.250. The second-order valence-corrected chi connectivity index (χ2v) is 16.9. The third kappa shape index (κ3) is 4.76. The Morgan fingerprint density at radius 1 is 0.377 bits per heavy atom. The van der Waals surface area contributed by atoms with Crippen LogP contribution in [0.25, 0.3) is 88.1 Å². The fourth-order valence-electron chi connectivity index (χ4n) is 10.5. The third-order valence-electron chi connectivity index (χ3n) is 13.3. The smallest absolute Gasteiger partial charge is 0.160 e. The van der Waals surface area contributed by atoms with Crippen molar-refractivity contribution < 1.29 is 4.42 Å². The second kappa shape index (κ2) is 12.6. The molecule has 0 N–H and O–H groups in total. The summed E-state index contributed by atoms with van der Waals surface area (Å²) >= 11 is 0. The molecule has 0 aliphatic heterocycles. The highest BCUT2D eigenvalue weighted by atomic mass is 16.3. The first-order valence-electron chi connectivity index (χ1n) is 21.1. The zero-order valence-electron chi connectivity index (χ0n) is 33.8. The molecule has 4 heteroatoms. The molecule has 0 unspecified atom stereocenters. The lowest BCUT2D eigenvalue weighted by Gasteiger charge is -2.28. The molecule has 3 heterocycles. The number of rotatable bonds is 5. The summed E-state index contributed by atoms with van der Waals surface area (Å²) in [6.45, 7) is 4.75. The average Bonchev–Trinajstić information content (AvgIpc) is 4.03. The maximum atomic E-state index is 7.31. The van der Waals surface area contributed by atoms with Crippen molar-refractivity contribution in [3.05, 3.63) is 211 Å². The molecule has 0 saturated carbocycles. The number of nitrogens with zero attached hydrogens (tertiary/aromatic N) is 3. The van der Waals surface area contributed by atoms with Crippen molar-refractivity contribution in [2.75, 3.05) is 4.90 Å². The fourth-order valence-corrected chi connectivity index (χ4v) is 10.5. The molecule has 0 saturated heterocycles. The standard InChI is InChI=1S/C57H39N3O/c1-57(2)49-34-39(58(36-16-6-3-7-17-36)37-18-8-4-9-19-37)26-28-41(49)42-29-27-40(35-50(42)57)60-52-25-15-13-23-44(52)46-31-33-48-47-32-30-45-43-22-12-14-24-51(43)59(38-20-10-5-11-21-38)53(45)55(47)61-56(48)54(46)60/h3-35H,1-2H3. The zero-order valence-corrected chi connectivity index (χ0v) is 33.8. The summed E-state index contributed by atoms with van der Waals surface area (Å²) in [4.78, 5) is 2.36. The van der Waals surface area contributed by atoms with Gasteiger partial charge in [0.1, 0.15) is 0 Å². The van der Waals surface area contributed by atoms with Gasteiger partial charge >= 0.3 is 0 Å². The van der Waals surface area contributed by atoms with E-state index in [1.54, 1.807) is 0 Å². The van der Waals surface area contributed by atoms with Crippen molar-refractivity contribution in [2.24, 2.45) is 0 Å². The highest BCUT2D eigenvalue weighted by Gasteiger charge is 2.37. The lowest BCUT2D eigenvalue weighted by molar-refractivity contribution is 0.660. The Balaban J connectivity index is 1.03. The average molecular weight is 782 g/mol. The zero-order chi connectivity index (χ0) is 40.4. The summed E-state index contributed by atoms with van der Waals surface area (Å²) in [6.07, 6.45) is 0. The van der Waals surface area contributed by atoms with E-state index in [-0.39, 0.29) is 5.41 Å². The van der Waals surface area contributed by atoms with Crippen LogP contribution in [0.2, 0.25) is 0 Å². The van der Waals surface area contributed by atoms with Gasteiger partial charge in [-0.1, -0.05) is 129 Å². The van der Waals surface area contributed by atoms with Gasteiger partial charge in [-0.15, -0.1) is 0 Å². The van der Waals surface area contributed by atoms with E-state index in [2.05, 4.69) is 228 Å². The molecule has 9 aromatic carbocycles. The minimum Gasteiger partial charge on any atom is -0.452 e. The van der Waals surface area contributed by atoms with E-state index in [0.29, 0.717) is 0 Å². The third-order valence-corrected chi connectivity index (χ3v) is 13.3. The van der Waals surface area contributed by atoms with Crippen LogP contribution in [-0.2, 0) is 5.41 Å². The quantitative estimate of drug-likeness (QED) is 0.174. The number of benzene rings is 9. The van der Waals surface area contributed by atoms with Crippen molar-refractivity contribution in [1.82, 2.24) is 9.13 Å². The molecule has 3 aromatic heterocycles. The molecule has 0 radical (unpaired) electrons. The molecule has 61 heavy (non-hydrogen) atoms. The van der Waals surface area contributed by atoms with Crippen LogP contribution in [0.3, 0.4) is 0 Å². The second-order valence-electron chi connectivity index (χ2n) is 16.9. The maximum Gasteiger partial charge on any atom is 0.160 e. The number of fused-ring (bicyclic) bond motifs is 14. The van der Waals surface area contributed by atoms with Crippen molar-refractivity contribution in [2.45, 2.75) is 19.3 Å². The Hall–Kier alpha value is -7.82. The Morgan fingerprint density at radius 3 is 1.41 bits per heavy atom. The summed E-state index contributed by atoms with van der Waals surface area (Å²) in [7, 11) is 0. The minimum absolute atomic E-state index is 0.250. The van der Waals surface area contributed by atoms with Gasteiger partial charge in [-0.05, 0) is 107 Å². The molecule has 288 valence electrons. The van der Waals surface area contributed by atoms with E-state index in [1.807, 2.05) is 0 Å². The molecule has 0 spiro atoms. The summed E-state index contributed by atoms with van der Waals surface area (Å²) < 4.78 is 12.1. The summed E-state index contributed by atoms with van der Waals surface area (Å²) in [6, 6.07) is 72.6. The lowest BCUT2D eigenvalue weighted by atomic mass is 9.82. The van der Waals surface area contributed by atoms with Crippen molar-refractivity contribution in [1.29, 1.82) is 0 Å². The van der Waals surface area contributed by atoms with Gasteiger partial charge in [0, 0.05) is 66.2 Å². The van der Waals surface area contributed by atoms with E-state index in [1.165, 1.54) is 43.8 Å². The molecule has 12 aromatic rings. The molecule has 1 aliphatic rings. The molecule has 0 fully saturated rings. The number of furan rings is 1. The normalized spacial score (nSPS) is 13.2. The number of hydrogen-bond acceptors (Lipinski definition) is 2. The van der Waals surface area contributed by atoms with Gasteiger partial charge in [-0.3, -0.25) is 0 Å². The van der Waals surface area contributed by atoms with E-state index in [9.17, 15) is 0 Å². The van der Waals surface area contributed by atoms with E-state index >= 15 is 0 Å². The number of anilines is 3. The van der Waals surface area contributed by atoms with E-state index in [0.717, 1.165) is 72.4 Å². The molecular weight excluding hydrogens is 743 g/mol. The van der Waals surface area contributed by atoms with E-state index < -0.39 is 0 Å². The van der Waals surface area contributed by atoms with Crippen molar-refractivity contribution in [3.63, 3.8) is 0 Å². The summed E-state index contributed by atoms with van der Waals surface area (Å²) in [5.41, 5.74) is 16.9. The SMILES string of the molecule is CC1(C)c2cc(N(c3ccccc3)c3ccccc3)ccc2-c2ccc(-n3c4ccccc4c4ccc5c6ccc7c8ccccc8n(-c8ccccc8)c7c6oc5c43)cc21. The summed E-state index contributed by atoms with van der Waals surface area (Å²) in [5, 5.41) is 7.00. The molecule has 13 rings (SSSR count). The first-order valence-corrected chi connectivity index (χ1v) is 21.1. The fraction of sp³-hybridized carbons (Fsp3) is 0.0526. The van der Waals surface area contributed by atoms with E-state index in [4.69, 9.17) is 4.42 Å². The number of hydrogen-bond donors (Lipinski definition) is 0. The number of aromatic nitrogens is 2. The van der Waals surface area contributed by atoms with Gasteiger partial charge in [0.2, 0.25) is 0 Å². The monoisotopic (exact) mass is 781 g/mol. The van der Waals surface area contributed by atoms with Gasteiger partial charge in [-0.25, -0.2) is 0 Å². The van der Waals surface area contributed by atoms with Gasteiger partial charge in [0.05, 0.1) is 22.1 Å². The van der Waals surface area contributed by atoms with Crippen LogP contribution in [0.4, 0.5) is 17.1 Å². The van der Waals surface area contributed by atoms with Crippen LogP contribution in [-0.4, -0.2) is 9.13 Å². The Labute approximate surface area is 352 Å². The molecule has 4 nitrogen and oxygen atoms in total. The van der Waals surface area contributed by atoms with Crippen LogP contribution < -0.4 is 4.90 Å². The highest BCUT2D eigenvalue weighted by molar-refractivity contribution is 6.26. The Bertz CT molecular complexity index is 3680. The first-order chi connectivity index (χ1) is 30.0. The maximum absolute atomic E-state index is 7.31.